The summed E-state index contributed by atoms with van der Waals surface area (Å²) in [5, 5.41) is 14.8. The van der Waals surface area contributed by atoms with E-state index in [1.807, 2.05) is 13.8 Å². The van der Waals surface area contributed by atoms with Crippen molar-refractivity contribution in [2.45, 2.75) is 66.2 Å². The number of nitrogens with one attached hydrogen (secondary N) is 1. The molecule has 220 valence electrons. The first-order chi connectivity index (χ1) is 19.0. The summed E-state index contributed by atoms with van der Waals surface area (Å²) in [6, 6.07) is 0. The SMILES string of the molecule is CC.CCCCOC/C=C(\C(=C/NC)[N+](=O)[O-])N(CC(=O)OCC)CC1=CCC=CC(CN2CCCCC2)=C1. The Morgan fingerprint density at radius 1 is 1.21 bits per heavy atom. The Hall–Kier alpha value is -2.91. The number of unbranched alkanes of at least 4 members (excludes halogenated alkanes) is 1. The van der Waals surface area contributed by atoms with Gasteiger partial charge in [-0.15, -0.1) is 0 Å². The first-order valence-electron chi connectivity index (χ1n) is 14.5. The van der Waals surface area contributed by atoms with Gasteiger partial charge in [-0.25, -0.2) is 0 Å². The highest BCUT2D eigenvalue weighted by Crippen LogP contribution is 2.22. The summed E-state index contributed by atoms with van der Waals surface area (Å²) in [4.78, 5) is 28.4. The van der Waals surface area contributed by atoms with E-state index < -0.39 is 10.9 Å². The Balaban J connectivity index is 0.00000371. The minimum Gasteiger partial charge on any atom is -0.465 e. The summed E-state index contributed by atoms with van der Waals surface area (Å²) >= 11 is 0. The van der Waals surface area contributed by atoms with E-state index in [-0.39, 0.29) is 25.5 Å². The van der Waals surface area contributed by atoms with Crippen molar-refractivity contribution in [3.63, 3.8) is 0 Å². The number of likely N-dealkylation sites (tertiary alicyclic amines) is 1. The molecule has 1 aliphatic heterocycles. The number of nitro groups is 1. The highest BCUT2D eigenvalue weighted by Gasteiger charge is 2.26. The molecule has 0 unspecified atom stereocenters. The Kier molecular flexibility index (Phi) is 18.4. The number of carbonyl (C=O) groups is 1. The predicted molar refractivity (Wildman–Crippen MR) is 158 cm³/mol. The van der Waals surface area contributed by atoms with Crippen molar-refractivity contribution in [1.82, 2.24) is 15.1 Å². The van der Waals surface area contributed by atoms with Crippen molar-refractivity contribution >= 4 is 5.97 Å². The second kappa shape index (κ2) is 21.0. The molecule has 2 rings (SSSR count). The van der Waals surface area contributed by atoms with Gasteiger partial charge in [0.1, 0.15) is 12.2 Å². The van der Waals surface area contributed by atoms with Crippen LogP contribution in [0.15, 0.2) is 59.1 Å². The van der Waals surface area contributed by atoms with Crippen molar-refractivity contribution in [3.05, 3.63) is 69.2 Å². The minimum absolute atomic E-state index is 0.108. The highest BCUT2D eigenvalue weighted by atomic mass is 16.6. The standard InChI is InChI=1S/C28H44N4O5.C2H6/c1-4-6-17-36-18-14-26(27(20-29-3)32(34)35)31(23-28(33)37-5-2)22-25-13-9-8-12-24(19-25)21-30-15-10-7-11-16-30;1-2/h8,12-14,19-20,29H,4-7,9-11,15-18,21-23H2,1-3H3;1-2H3/b26-14+,27-20+;. The third-order valence-corrected chi connectivity index (χ3v) is 6.19. The van der Waals surface area contributed by atoms with Crippen molar-refractivity contribution in [2.24, 2.45) is 0 Å². The summed E-state index contributed by atoms with van der Waals surface area (Å²) in [6.45, 7) is 12.2. The van der Waals surface area contributed by atoms with E-state index in [1.165, 1.54) is 31.0 Å². The topological polar surface area (TPSA) is 97.2 Å². The average molecular weight is 547 g/mol. The molecule has 39 heavy (non-hydrogen) atoms. The Morgan fingerprint density at radius 3 is 2.59 bits per heavy atom. The zero-order valence-corrected chi connectivity index (χ0v) is 24.7. The molecule has 0 aromatic rings. The lowest BCUT2D eigenvalue weighted by molar-refractivity contribution is -0.423. The number of hydrogen-bond acceptors (Lipinski definition) is 8. The summed E-state index contributed by atoms with van der Waals surface area (Å²) < 4.78 is 10.9. The van der Waals surface area contributed by atoms with Gasteiger partial charge in [-0.1, -0.05) is 57.9 Å². The van der Waals surface area contributed by atoms with Crippen LogP contribution in [0.5, 0.6) is 0 Å². The molecule has 9 nitrogen and oxygen atoms in total. The molecule has 1 heterocycles. The fourth-order valence-corrected chi connectivity index (χ4v) is 4.40. The summed E-state index contributed by atoms with van der Waals surface area (Å²) in [6.07, 6.45) is 18.0. The largest absolute Gasteiger partial charge is 0.465 e. The Bertz CT molecular complexity index is 886. The number of rotatable bonds is 16. The molecule has 2 aliphatic rings. The maximum atomic E-state index is 12.6. The molecule has 1 saturated heterocycles. The van der Waals surface area contributed by atoms with Gasteiger partial charge in [-0.05, 0) is 62.9 Å². The fourth-order valence-electron chi connectivity index (χ4n) is 4.40. The summed E-state index contributed by atoms with van der Waals surface area (Å²) in [5.41, 5.74) is 2.41. The molecule has 0 bridgehead atoms. The average Bonchev–Trinajstić information content (AvgIpc) is 3.16. The second-order valence-electron chi connectivity index (χ2n) is 9.23. The minimum atomic E-state index is -0.437. The van der Waals surface area contributed by atoms with Gasteiger partial charge in [0.2, 0.25) is 0 Å². The predicted octanol–water partition coefficient (Wildman–Crippen LogP) is 5.21. The summed E-state index contributed by atoms with van der Waals surface area (Å²) in [5.74, 6) is -0.433. The van der Waals surface area contributed by atoms with Crippen molar-refractivity contribution < 1.29 is 19.2 Å². The van der Waals surface area contributed by atoms with E-state index in [0.29, 0.717) is 18.8 Å². The van der Waals surface area contributed by atoms with Crippen LogP contribution in [0.4, 0.5) is 0 Å². The summed E-state index contributed by atoms with van der Waals surface area (Å²) in [7, 11) is 1.61. The number of nitrogens with zero attached hydrogens (tertiary/aromatic N) is 3. The molecule has 0 atom stereocenters. The molecule has 9 heteroatoms. The van der Waals surface area contributed by atoms with Crippen LogP contribution < -0.4 is 5.32 Å². The molecule has 1 fully saturated rings. The number of esters is 1. The molecule has 1 aliphatic carbocycles. The van der Waals surface area contributed by atoms with Crippen LogP contribution in [0.2, 0.25) is 0 Å². The molecular formula is C30H50N4O5. The molecule has 0 radical (unpaired) electrons. The first-order valence-corrected chi connectivity index (χ1v) is 14.5. The van der Waals surface area contributed by atoms with Gasteiger partial charge < -0.3 is 19.7 Å². The zero-order valence-electron chi connectivity index (χ0n) is 24.7. The number of carbonyl (C=O) groups excluding carboxylic acids is 1. The van der Waals surface area contributed by atoms with E-state index in [9.17, 15) is 14.9 Å². The molecule has 0 saturated carbocycles. The van der Waals surface area contributed by atoms with Gasteiger partial charge in [0.15, 0.2) is 0 Å². The number of allylic oxidation sites excluding steroid dienone is 2. The van der Waals surface area contributed by atoms with Gasteiger partial charge in [0.05, 0.1) is 24.3 Å². The van der Waals surface area contributed by atoms with E-state index in [1.54, 1.807) is 24.9 Å². The molecule has 1 N–H and O–H groups in total. The lowest BCUT2D eigenvalue weighted by Gasteiger charge is -2.27. The Morgan fingerprint density at radius 2 is 1.95 bits per heavy atom. The maximum Gasteiger partial charge on any atom is 0.325 e. The van der Waals surface area contributed by atoms with Crippen molar-refractivity contribution in [3.8, 4) is 0 Å². The number of hydrogen-bond donors (Lipinski definition) is 1. The third-order valence-electron chi connectivity index (χ3n) is 6.19. The first kappa shape index (κ1) is 34.1. The smallest absolute Gasteiger partial charge is 0.325 e. The van der Waals surface area contributed by atoms with Gasteiger partial charge in [-0.3, -0.25) is 19.8 Å². The molecule has 0 spiro atoms. The monoisotopic (exact) mass is 546 g/mol. The van der Waals surface area contributed by atoms with E-state index >= 15 is 0 Å². The second-order valence-corrected chi connectivity index (χ2v) is 9.23. The third kappa shape index (κ3) is 13.6. The van der Waals surface area contributed by atoms with E-state index in [2.05, 4.69) is 41.4 Å². The number of ether oxygens (including phenoxy) is 2. The molecule has 0 amide bonds. The van der Waals surface area contributed by atoms with Gasteiger partial charge >= 0.3 is 11.7 Å². The van der Waals surface area contributed by atoms with Gasteiger partial charge in [0.25, 0.3) is 0 Å². The molecule has 0 aromatic carbocycles. The van der Waals surface area contributed by atoms with Crippen LogP contribution in [0.3, 0.4) is 0 Å². The van der Waals surface area contributed by atoms with Gasteiger partial charge in [-0.2, -0.15) is 0 Å². The fraction of sp³-hybridized carbons (Fsp3) is 0.633. The maximum absolute atomic E-state index is 12.6. The van der Waals surface area contributed by atoms with Crippen LogP contribution in [0, 0.1) is 10.1 Å². The lowest BCUT2D eigenvalue weighted by atomic mass is 10.1. The van der Waals surface area contributed by atoms with E-state index in [0.717, 1.165) is 44.5 Å². The molecule has 0 aromatic heterocycles. The van der Waals surface area contributed by atoms with Crippen LogP contribution in [0.1, 0.15) is 66.2 Å². The normalized spacial score (nSPS) is 16.3. The van der Waals surface area contributed by atoms with E-state index in [4.69, 9.17) is 9.47 Å². The zero-order chi connectivity index (χ0) is 28.9. The van der Waals surface area contributed by atoms with Crippen LogP contribution in [-0.2, 0) is 14.3 Å². The van der Waals surface area contributed by atoms with Crippen LogP contribution >= 0.6 is 0 Å². The number of piperidine rings is 1. The quantitative estimate of drug-likeness (QED) is 0.0926. The highest BCUT2D eigenvalue weighted by molar-refractivity contribution is 5.72. The van der Waals surface area contributed by atoms with Crippen molar-refractivity contribution in [2.75, 3.05) is 59.6 Å². The lowest BCUT2D eigenvalue weighted by Crippen LogP contribution is -2.34. The van der Waals surface area contributed by atoms with Gasteiger partial charge in [0, 0.05) is 26.7 Å². The Labute approximate surface area is 235 Å². The molecular weight excluding hydrogens is 496 g/mol. The van der Waals surface area contributed by atoms with Crippen molar-refractivity contribution in [1.29, 1.82) is 0 Å². The van der Waals surface area contributed by atoms with Crippen LogP contribution in [-0.4, -0.2) is 80.3 Å². The van der Waals surface area contributed by atoms with Crippen LogP contribution in [0.25, 0.3) is 0 Å².